The van der Waals surface area contributed by atoms with Gasteiger partial charge in [0.05, 0.1) is 0 Å². The molecule has 7 heteroatoms. The van der Waals surface area contributed by atoms with E-state index in [-0.39, 0.29) is 11.3 Å². The van der Waals surface area contributed by atoms with Crippen LogP contribution in [-0.4, -0.2) is 15.0 Å². The van der Waals surface area contributed by atoms with Gasteiger partial charge in [-0.25, -0.2) is 9.97 Å². The van der Waals surface area contributed by atoms with Crippen LogP contribution in [0.5, 0.6) is 0 Å². The fourth-order valence-corrected chi connectivity index (χ4v) is 1.91. The zero-order chi connectivity index (χ0) is 14.3. The number of pyridine rings is 1. The normalized spacial score (nSPS) is 11.7. The van der Waals surface area contributed by atoms with E-state index in [1.807, 2.05) is 0 Å². The minimum Gasteiger partial charge on any atom is -0.443 e. The molecule has 0 amide bonds. The van der Waals surface area contributed by atoms with Crippen LogP contribution in [0.3, 0.4) is 0 Å². The van der Waals surface area contributed by atoms with E-state index in [4.69, 9.17) is 10.8 Å². The van der Waals surface area contributed by atoms with E-state index in [0.717, 1.165) is 6.39 Å². The van der Waals surface area contributed by atoms with Crippen LogP contribution in [0.4, 0.5) is 13.2 Å². The molecular weight excluding hydrogens is 271 g/mol. The summed E-state index contributed by atoms with van der Waals surface area (Å²) in [6.07, 6.45) is 4.26. The zero-order valence-corrected chi connectivity index (χ0v) is 9.82. The monoisotopic (exact) mass is 277 g/mol. The second kappa shape index (κ2) is 4.13. The molecule has 3 aromatic rings. The number of terminal acetylenes is 1. The number of hydrogen-bond donors (Lipinski definition) is 1. The number of H-pyrrole nitrogens is 1. The Labute approximate surface area is 110 Å². The first kappa shape index (κ1) is 12.3. The van der Waals surface area contributed by atoms with E-state index < -0.39 is 11.9 Å². The van der Waals surface area contributed by atoms with Crippen LogP contribution in [0.25, 0.3) is 22.4 Å². The molecular formula is C13H6F3N3O. The summed E-state index contributed by atoms with van der Waals surface area (Å²) in [5.74, 6) is 2.02. The molecule has 0 radical (unpaired) electrons. The van der Waals surface area contributed by atoms with Gasteiger partial charge in [0, 0.05) is 28.9 Å². The average molecular weight is 277 g/mol. The van der Waals surface area contributed by atoms with Gasteiger partial charge in [0.1, 0.15) is 5.65 Å². The largest absolute Gasteiger partial charge is 0.443 e. The highest BCUT2D eigenvalue weighted by atomic mass is 19.4. The second-order valence-electron chi connectivity index (χ2n) is 3.99. The zero-order valence-electron chi connectivity index (χ0n) is 9.82. The molecule has 0 aliphatic heterocycles. The summed E-state index contributed by atoms with van der Waals surface area (Å²) >= 11 is 0. The molecule has 20 heavy (non-hydrogen) atoms. The van der Waals surface area contributed by atoms with E-state index in [2.05, 4.69) is 20.9 Å². The number of fused-ring (bicyclic) bond motifs is 1. The number of halogens is 3. The van der Waals surface area contributed by atoms with Crippen molar-refractivity contribution in [3.8, 4) is 23.7 Å². The Morgan fingerprint density at radius 3 is 2.80 bits per heavy atom. The fraction of sp³-hybridized carbons (Fsp3) is 0.0769. The van der Waals surface area contributed by atoms with Crippen molar-refractivity contribution in [3.05, 3.63) is 36.1 Å². The first-order valence-corrected chi connectivity index (χ1v) is 5.45. The van der Waals surface area contributed by atoms with Crippen molar-refractivity contribution in [1.82, 2.24) is 15.0 Å². The summed E-state index contributed by atoms with van der Waals surface area (Å²) in [7, 11) is 0. The molecule has 0 aliphatic rings. The van der Waals surface area contributed by atoms with Crippen LogP contribution in [0.15, 0.2) is 29.3 Å². The van der Waals surface area contributed by atoms with Crippen LogP contribution >= 0.6 is 0 Å². The number of nitrogens with one attached hydrogen (secondary N) is 1. The maximum absolute atomic E-state index is 12.8. The Bertz CT molecular complexity index is 823. The standard InChI is InChI=1S/C13H6F3N3O/c1-2-7-3-8-9(5-18-12(8)17-4-7)10-11(13(14,15)16)19-6-20-10/h1,3-6H,(H,17,18). The Kier molecular flexibility index (Phi) is 2.54. The van der Waals surface area contributed by atoms with Crippen LogP contribution in [0, 0.1) is 12.3 Å². The summed E-state index contributed by atoms with van der Waals surface area (Å²) in [5, 5.41) is 0.447. The summed E-state index contributed by atoms with van der Waals surface area (Å²) in [6, 6.07) is 1.57. The predicted octanol–water partition coefficient (Wildman–Crippen LogP) is 3.22. The number of hydrogen-bond acceptors (Lipinski definition) is 3. The summed E-state index contributed by atoms with van der Waals surface area (Å²) in [4.78, 5) is 10.0. The quantitative estimate of drug-likeness (QED) is 0.695. The number of rotatable bonds is 1. The first-order chi connectivity index (χ1) is 9.50. The smallest absolute Gasteiger partial charge is 0.437 e. The highest BCUT2D eigenvalue weighted by Crippen LogP contribution is 2.38. The molecule has 0 atom stereocenters. The van der Waals surface area contributed by atoms with Gasteiger partial charge in [-0.2, -0.15) is 13.2 Å². The van der Waals surface area contributed by atoms with Gasteiger partial charge >= 0.3 is 6.18 Å². The summed E-state index contributed by atoms with van der Waals surface area (Å²) in [6.45, 7) is 0. The molecule has 0 bridgehead atoms. The van der Waals surface area contributed by atoms with Gasteiger partial charge in [-0.3, -0.25) is 0 Å². The van der Waals surface area contributed by atoms with Gasteiger partial charge in [-0.1, -0.05) is 5.92 Å². The maximum atomic E-state index is 12.8. The van der Waals surface area contributed by atoms with Crippen molar-refractivity contribution in [2.24, 2.45) is 0 Å². The Balaban J connectivity index is 2.26. The minimum atomic E-state index is -4.59. The van der Waals surface area contributed by atoms with Crippen molar-refractivity contribution < 1.29 is 17.6 Å². The lowest BCUT2D eigenvalue weighted by molar-refractivity contribution is -0.140. The van der Waals surface area contributed by atoms with Gasteiger partial charge in [0.2, 0.25) is 0 Å². The number of alkyl halides is 3. The van der Waals surface area contributed by atoms with Gasteiger partial charge in [-0.05, 0) is 6.07 Å². The summed E-state index contributed by atoms with van der Waals surface area (Å²) < 4.78 is 43.4. The number of aromatic nitrogens is 3. The highest BCUT2D eigenvalue weighted by Gasteiger charge is 2.38. The van der Waals surface area contributed by atoms with Gasteiger partial charge in [0.25, 0.3) is 0 Å². The Hall–Kier alpha value is -2.75. The number of aromatic amines is 1. The van der Waals surface area contributed by atoms with Gasteiger partial charge in [0.15, 0.2) is 17.8 Å². The molecule has 100 valence electrons. The number of nitrogens with zero attached hydrogens (tertiary/aromatic N) is 2. The molecule has 1 N–H and O–H groups in total. The van der Waals surface area contributed by atoms with Crippen molar-refractivity contribution in [2.75, 3.05) is 0 Å². The molecule has 0 aliphatic carbocycles. The number of oxazole rings is 1. The molecule has 3 aromatic heterocycles. The van der Waals surface area contributed by atoms with E-state index in [0.29, 0.717) is 16.6 Å². The molecule has 0 unspecified atom stereocenters. The lowest BCUT2D eigenvalue weighted by Gasteiger charge is -2.04. The van der Waals surface area contributed by atoms with Crippen molar-refractivity contribution in [3.63, 3.8) is 0 Å². The van der Waals surface area contributed by atoms with Crippen molar-refractivity contribution >= 4 is 11.0 Å². The van der Waals surface area contributed by atoms with Crippen LogP contribution in [-0.2, 0) is 6.18 Å². The van der Waals surface area contributed by atoms with E-state index in [1.165, 1.54) is 12.4 Å². The lowest BCUT2D eigenvalue weighted by atomic mass is 10.1. The molecule has 0 spiro atoms. The second-order valence-corrected chi connectivity index (χ2v) is 3.99. The molecule has 3 rings (SSSR count). The van der Waals surface area contributed by atoms with E-state index in [9.17, 15) is 13.2 Å². The minimum absolute atomic E-state index is 0.217. The van der Waals surface area contributed by atoms with E-state index in [1.54, 1.807) is 6.07 Å². The van der Waals surface area contributed by atoms with Crippen LogP contribution < -0.4 is 0 Å². The third-order valence-corrected chi connectivity index (χ3v) is 2.78. The van der Waals surface area contributed by atoms with E-state index >= 15 is 0 Å². The molecule has 0 saturated carbocycles. The maximum Gasteiger partial charge on any atom is 0.437 e. The molecule has 4 nitrogen and oxygen atoms in total. The Morgan fingerprint density at radius 2 is 2.10 bits per heavy atom. The fourth-order valence-electron chi connectivity index (χ4n) is 1.91. The van der Waals surface area contributed by atoms with Crippen molar-refractivity contribution in [1.29, 1.82) is 0 Å². The third-order valence-electron chi connectivity index (χ3n) is 2.78. The lowest BCUT2D eigenvalue weighted by Crippen LogP contribution is -2.06. The Morgan fingerprint density at radius 1 is 1.30 bits per heavy atom. The van der Waals surface area contributed by atoms with Gasteiger partial charge in [-0.15, -0.1) is 6.42 Å². The highest BCUT2D eigenvalue weighted by molar-refractivity contribution is 5.93. The SMILES string of the molecule is C#Cc1cnc2[nH]cc(-c3ocnc3C(F)(F)F)c2c1. The predicted molar refractivity (Wildman–Crippen MR) is 64.5 cm³/mol. The summed E-state index contributed by atoms with van der Waals surface area (Å²) in [5.41, 5.74) is 0.0221. The topological polar surface area (TPSA) is 54.7 Å². The molecule has 3 heterocycles. The average Bonchev–Trinajstić information content (AvgIpc) is 3.02. The molecule has 0 aromatic carbocycles. The van der Waals surface area contributed by atoms with Crippen LogP contribution in [0.2, 0.25) is 0 Å². The van der Waals surface area contributed by atoms with Gasteiger partial charge < -0.3 is 9.40 Å². The first-order valence-electron chi connectivity index (χ1n) is 5.45. The third kappa shape index (κ3) is 1.82. The molecule has 0 saturated heterocycles. The molecule has 0 fully saturated rings. The van der Waals surface area contributed by atoms with Crippen molar-refractivity contribution in [2.45, 2.75) is 6.18 Å². The van der Waals surface area contributed by atoms with Crippen LogP contribution in [0.1, 0.15) is 11.3 Å².